The van der Waals surface area contributed by atoms with Gasteiger partial charge in [-0.15, -0.1) is 11.6 Å². The molecule has 0 aromatic heterocycles. The van der Waals surface area contributed by atoms with Crippen molar-refractivity contribution in [2.45, 2.75) is 25.1 Å². The van der Waals surface area contributed by atoms with Gasteiger partial charge in [0.15, 0.2) is 0 Å². The highest BCUT2D eigenvalue weighted by molar-refractivity contribution is 6.20. The zero-order chi connectivity index (χ0) is 8.81. The van der Waals surface area contributed by atoms with Crippen molar-refractivity contribution in [2.75, 3.05) is 32.7 Å². The minimum atomic E-state index is 0.253. The van der Waals surface area contributed by atoms with Crippen LogP contribution in [0.4, 0.5) is 0 Å². The normalized spacial score (nSPS) is 21.5. The monoisotopic (exact) mass is 190 g/mol. The molecule has 1 rings (SSSR count). The Morgan fingerprint density at radius 1 is 1.42 bits per heavy atom. The molecule has 1 saturated heterocycles. The molecule has 0 radical (unpaired) electrons. The fourth-order valence-electron chi connectivity index (χ4n) is 1.54. The first-order valence-corrected chi connectivity index (χ1v) is 5.30. The van der Waals surface area contributed by atoms with Gasteiger partial charge in [0.2, 0.25) is 0 Å². The highest BCUT2D eigenvalue weighted by Gasteiger charge is 2.09. The van der Waals surface area contributed by atoms with E-state index in [1.807, 2.05) is 6.92 Å². The number of nitrogens with one attached hydrogen (secondary N) is 1. The second kappa shape index (κ2) is 5.79. The van der Waals surface area contributed by atoms with Gasteiger partial charge in [0.25, 0.3) is 0 Å². The Morgan fingerprint density at radius 2 is 2.08 bits per heavy atom. The van der Waals surface area contributed by atoms with E-state index in [1.165, 1.54) is 32.5 Å². The molecule has 1 N–H and O–H groups in total. The van der Waals surface area contributed by atoms with E-state index in [0.29, 0.717) is 0 Å². The van der Waals surface area contributed by atoms with Crippen molar-refractivity contribution in [1.82, 2.24) is 10.2 Å². The minimum absolute atomic E-state index is 0.253. The fraction of sp³-hybridized carbons (Fsp3) is 1.00. The summed E-state index contributed by atoms with van der Waals surface area (Å²) in [6.45, 7) is 7.79. The third-order valence-corrected chi connectivity index (χ3v) is 2.38. The number of hydrogen-bond donors (Lipinski definition) is 1. The lowest BCUT2D eigenvalue weighted by Gasteiger charge is -2.14. The molecule has 0 aromatic rings. The van der Waals surface area contributed by atoms with Crippen LogP contribution >= 0.6 is 11.6 Å². The van der Waals surface area contributed by atoms with E-state index in [9.17, 15) is 0 Å². The van der Waals surface area contributed by atoms with E-state index in [1.54, 1.807) is 0 Å². The van der Waals surface area contributed by atoms with Gasteiger partial charge >= 0.3 is 0 Å². The zero-order valence-electron chi connectivity index (χ0n) is 7.85. The molecule has 0 spiro atoms. The average Bonchev–Trinajstić information content (AvgIpc) is 2.49. The summed E-state index contributed by atoms with van der Waals surface area (Å²) in [4.78, 5) is 2.51. The van der Waals surface area contributed by atoms with E-state index in [2.05, 4.69) is 10.2 Å². The first-order chi connectivity index (χ1) is 5.79. The van der Waals surface area contributed by atoms with Gasteiger partial charge in [0.05, 0.1) is 0 Å². The predicted molar refractivity (Wildman–Crippen MR) is 53.9 cm³/mol. The van der Waals surface area contributed by atoms with Crippen LogP contribution in [0.1, 0.15) is 19.8 Å². The lowest BCUT2D eigenvalue weighted by molar-refractivity contribution is 0.336. The van der Waals surface area contributed by atoms with Crippen molar-refractivity contribution >= 4 is 11.6 Å². The summed E-state index contributed by atoms with van der Waals surface area (Å²) in [6, 6.07) is 0. The number of rotatable bonds is 5. The van der Waals surface area contributed by atoms with Crippen molar-refractivity contribution < 1.29 is 0 Å². The molecule has 0 aromatic carbocycles. The topological polar surface area (TPSA) is 15.3 Å². The van der Waals surface area contributed by atoms with Crippen molar-refractivity contribution in [3.8, 4) is 0 Å². The highest BCUT2D eigenvalue weighted by atomic mass is 35.5. The average molecular weight is 191 g/mol. The number of nitrogens with zero attached hydrogens (tertiary/aromatic N) is 1. The Kier molecular flexibility index (Phi) is 4.96. The molecule has 0 bridgehead atoms. The molecule has 1 aliphatic heterocycles. The van der Waals surface area contributed by atoms with Crippen molar-refractivity contribution in [1.29, 1.82) is 0 Å². The summed E-state index contributed by atoms with van der Waals surface area (Å²) in [5.74, 6) is 0. The van der Waals surface area contributed by atoms with Gasteiger partial charge in [0.1, 0.15) is 0 Å². The fourth-order valence-corrected chi connectivity index (χ4v) is 1.65. The molecule has 1 atom stereocenters. The number of halogens is 1. The Labute approximate surface area is 80.3 Å². The number of hydrogen-bond acceptors (Lipinski definition) is 2. The van der Waals surface area contributed by atoms with Gasteiger partial charge in [-0.05, 0) is 32.9 Å². The summed E-state index contributed by atoms with van der Waals surface area (Å²) in [7, 11) is 0. The smallest absolute Gasteiger partial charge is 0.0432 e. The van der Waals surface area contributed by atoms with Crippen LogP contribution in [0.2, 0.25) is 0 Å². The van der Waals surface area contributed by atoms with Crippen LogP contribution in [0.15, 0.2) is 0 Å². The Hall–Kier alpha value is 0.210. The first kappa shape index (κ1) is 10.3. The Morgan fingerprint density at radius 3 is 2.67 bits per heavy atom. The summed E-state index contributed by atoms with van der Waals surface area (Å²) in [5, 5.41) is 3.59. The SMILES string of the molecule is CC(Cl)CNCCN1CCCC1. The second-order valence-corrected chi connectivity index (χ2v) is 4.28. The van der Waals surface area contributed by atoms with E-state index in [4.69, 9.17) is 11.6 Å². The lowest BCUT2D eigenvalue weighted by Crippen LogP contribution is -2.32. The second-order valence-electron chi connectivity index (χ2n) is 3.53. The van der Waals surface area contributed by atoms with Gasteiger partial charge in [-0.3, -0.25) is 0 Å². The standard InChI is InChI=1S/C9H19ClN2/c1-9(10)8-11-4-7-12-5-2-3-6-12/h9,11H,2-8H2,1H3. The minimum Gasteiger partial charge on any atom is -0.314 e. The lowest BCUT2D eigenvalue weighted by atomic mass is 10.4. The summed E-state index contributed by atoms with van der Waals surface area (Å²) < 4.78 is 0. The van der Waals surface area contributed by atoms with Crippen molar-refractivity contribution in [3.05, 3.63) is 0 Å². The molecule has 72 valence electrons. The van der Waals surface area contributed by atoms with Crippen molar-refractivity contribution in [2.24, 2.45) is 0 Å². The number of likely N-dealkylation sites (tertiary alicyclic amines) is 1. The van der Waals surface area contributed by atoms with Gasteiger partial charge in [0, 0.05) is 25.0 Å². The molecule has 1 heterocycles. The molecule has 3 heteroatoms. The highest BCUT2D eigenvalue weighted by Crippen LogP contribution is 2.05. The van der Waals surface area contributed by atoms with Crippen LogP contribution in [0.5, 0.6) is 0 Å². The van der Waals surface area contributed by atoms with Crippen LogP contribution < -0.4 is 5.32 Å². The van der Waals surface area contributed by atoms with E-state index >= 15 is 0 Å². The largest absolute Gasteiger partial charge is 0.314 e. The molecular formula is C9H19ClN2. The molecule has 1 aliphatic rings. The quantitative estimate of drug-likeness (QED) is 0.520. The van der Waals surface area contributed by atoms with Gasteiger partial charge in [-0.1, -0.05) is 0 Å². The third-order valence-electron chi connectivity index (χ3n) is 2.23. The first-order valence-electron chi connectivity index (χ1n) is 4.86. The maximum Gasteiger partial charge on any atom is 0.0432 e. The summed E-state index contributed by atoms with van der Waals surface area (Å²) >= 11 is 5.80. The summed E-state index contributed by atoms with van der Waals surface area (Å²) in [5.41, 5.74) is 0. The number of alkyl halides is 1. The van der Waals surface area contributed by atoms with E-state index in [-0.39, 0.29) is 5.38 Å². The molecule has 1 fully saturated rings. The molecule has 0 saturated carbocycles. The Balaban J connectivity index is 1.88. The van der Waals surface area contributed by atoms with Crippen LogP contribution in [0, 0.1) is 0 Å². The van der Waals surface area contributed by atoms with Gasteiger partial charge in [-0.25, -0.2) is 0 Å². The molecule has 0 amide bonds. The maximum atomic E-state index is 5.80. The molecule has 0 aliphatic carbocycles. The van der Waals surface area contributed by atoms with Crippen molar-refractivity contribution in [3.63, 3.8) is 0 Å². The third kappa shape index (κ3) is 4.29. The Bertz CT molecular complexity index is 111. The maximum absolute atomic E-state index is 5.80. The van der Waals surface area contributed by atoms with Gasteiger partial charge < -0.3 is 10.2 Å². The summed E-state index contributed by atoms with van der Waals surface area (Å²) in [6.07, 6.45) is 2.76. The molecule has 2 nitrogen and oxygen atoms in total. The molecular weight excluding hydrogens is 172 g/mol. The zero-order valence-corrected chi connectivity index (χ0v) is 8.61. The van der Waals surface area contributed by atoms with Gasteiger partial charge in [-0.2, -0.15) is 0 Å². The van der Waals surface area contributed by atoms with Crippen LogP contribution in [-0.4, -0.2) is 43.0 Å². The predicted octanol–water partition coefficient (Wildman–Crippen LogP) is 1.30. The molecule has 1 unspecified atom stereocenters. The molecule has 12 heavy (non-hydrogen) atoms. The van der Waals surface area contributed by atoms with Crippen LogP contribution in [-0.2, 0) is 0 Å². The van der Waals surface area contributed by atoms with E-state index in [0.717, 1.165) is 13.1 Å². The van der Waals surface area contributed by atoms with E-state index < -0.39 is 0 Å². The van der Waals surface area contributed by atoms with Crippen LogP contribution in [0.3, 0.4) is 0 Å². The van der Waals surface area contributed by atoms with Crippen LogP contribution in [0.25, 0.3) is 0 Å².